The van der Waals surface area contributed by atoms with Gasteiger partial charge in [0.15, 0.2) is 0 Å². The van der Waals surface area contributed by atoms with Crippen molar-refractivity contribution >= 4 is 44.8 Å². The van der Waals surface area contributed by atoms with Gasteiger partial charge in [0.05, 0.1) is 0 Å². The number of fused-ring (bicyclic) bond motifs is 3. The van der Waals surface area contributed by atoms with Crippen LogP contribution >= 0.6 is 0 Å². The van der Waals surface area contributed by atoms with Gasteiger partial charge in [-0.2, -0.15) is 0 Å². The summed E-state index contributed by atoms with van der Waals surface area (Å²) in [6.45, 7) is 2.46. The summed E-state index contributed by atoms with van der Waals surface area (Å²) < 4.78 is 0. The third-order valence-electron chi connectivity index (χ3n) is 14.2. The molecule has 0 heterocycles. The molecule has 13 rings (SSSR count). The number of allylic oxidation sites excluding steroid dienone is 6. The minimum atomic E-state index is -0.339. The van der Waals surface area contributed by atoms with Gasteiger partial charge in [0.2, 0.25) is 0 Å². The summed E-state index contributed by atoms with van der Waals surface area (Å²) in [5.74, 6) is 0. The summed E-state index contributed by atoms with van der Waals surface area (Å²) in [6.07, 6.45) is 18.2. The van der Waals surface area contributed by atoms with E-state index in [0.29, 0.717) is 0 Å². The van der Waals surface area contributed by atoms with E-state index in [1.165, 1.54) is 127 Å². The van der Waals surface area contributed by atoms with E-state index in [4.69, 9.17) is 0 Å². The summed E-state index contributed by atoms with van der Waals surface area (Å²) in [4.78, 5) is 0. The second kappa shape index (κ2) is 11.9. The molecule has 0 bridgehead atoms. The minimum Gasteiger partial charge on any atom is -0.0795 e. The van der Waals surface area contributed by atoms with Crippen LogP contribution in [0.15, 0.2) is 164 Å². The molecule has 0 N–H and O–H groups in total. The largest absolute Gasteiger partial charge is 0.0795 e. The molecule has 0 amide bonds. The van der Waals surface area contributed by atoms with Gasteiger partial charge in [-0.25, -0.2) is 0 Å². The van der Waals surface area contributed by atoms with E-state index >= 15 is 0 Å². The van der Waals surface area contributed by atoms with Gasteiger partial charge in [-0.3, -0.25) is 0 Å². The SMILES string of the molecule is CC1(c2ccccc2)c2cc(-c3ccccc3-c3ccc4c5c6c(ccc35)C=CCC6=CC4)ccc2-c2ccc(-c3ccc4c5c6c(ccc35)C=CCC6=CC4)cc21. The summed E-state index contributed by atoms with van der Waals surface area (Å²) in [5.41, 5.74) is 25.5. The molecular weight excluding hydrogens is 697 g/mol. The fourth-order valence-corrected chi connectivity index (χ4v) is 11.4. The van der Waals surface area contributed by atoms with Crippen molar-refractivity contribution in [1.29, 1.82) is 0 Å². The van der Waals surface area contributed by atoms with E-state index in [2.05, 4.69) is 183 Å². The number of hydrogen-bond acceptors (Lipinski definition) is 0. The van der Waals surface area contributed by atoms with E-state index in [9.17, 15) is 0 Å². The highest BCUT2D eigenvalue weighted by Gasteiger charge is 2.41. The molecule has 1 unspecified atom stereocenters. The topological polar surface area (TPSA) is 0 Å². The van der Waals surface area contributed by atoms with Gasteiger partial charge in [-0.15, -0.1) is 0 Å². The first-order valence-electron chi connectivity index (χ1n) is 21.0. The lowest BCUT2D eigenvalue weighted by molar-refractivity contribution is 0.714. The molecule has 0 aliphatic heterocycles. The zero-order valence-electron chi connectivity index (χ0n) is 32.6. The zero-order chi connectivity index (χ0) is 38.1. The smallest absolute Gasteiger partial charge is 0.0435 e. The molecule has 0 fully saturated rings. The molecule has 58 heavy (non-hydrogen) atoms. The van der Waals surface area contributed by atoms with Crippen molar-refractivity contribution < 1.29 is 0 Å². The van der Waals surface area contributed by atoms with Crippen LogP contribution in [-0.2, 0) is 18.3 Å². The highest BCUT2D eigenvalue weighted by molar-refractivity contribution is 6.11. The molecular formula is C58H40. The maximum absolute atomic E-state index is 2.52. The van der Waals surface area contributed by atoms with Gasteiger partial charge >= 0.3 is 0 Å². The number of rotatable bonds is 4. The van der Waals surface area contributed by atoms with Gasteiger partial charge in [-0.05, 0) is 172 Å². The highest BCUT2D eigenvalue weighted by atomic mass is 14.4. The lowest BCUT2D eigenvalue weighted by Crippen LogP contribution is -2.22. The normalized spacial score (nSPS) is 17.6. The predicted octanol–water partition coefficient (Wildman–Crippen LogP) is 15.0. The molecule has 272 valence electrons. The van der Waals surface area contributed by atoms with Gasteiger partial charge in [0, 0.05) is 5.41 Å². The average molecular weight is 737 g/mol. The predicted molar refractivity (Wildman–Crippen MR) is 246 cm³/mol. The third kappa shape index (κ3) is 4.35. The second-order valence-corrected chi connectivity index (χ2v) is 17.1. The van der Waals surface area contributed by atoms with Crippen LogP contribution in [0.4, 0.5) is 0 Å². The Labute approximate surface area is 339 Å². The zero-order valence-corrected chi connectivity index (χ0v) is 32.6. The van der Waals surface area contributed by atoms with Crippen molar-refractivity contribution in [2.45, 2.75) is 38.0 Å². The van der Waals surface area contributed by atoms with Crippen molar-refractivity contribution in [3.8, 4) is 44.5 Å². The standard InChI is InChI=1S/C58H40/c1-58(43-13-3-2-4-14-43)52-33-41(44-15-5-6-16-46(44)47-28-22-40-20-18-36-10-8-12-38-24-32-51(47)57(40)55(36)38)25-29-48(52)49-30-26-42(34-53(49)58)45-27-21-39-19-17-35-9-7-11-37-23-31-50(45)56(39)54(35)37/h2-8,11-18,21-34H,9-10,19-20H2,1H3. The Kier molecular flexibility index (Phi) is 6.63. The van der Waals surface area contributed by atoms with E-state index in [1.807, 2.05) is 0 Å². The Morgan fingerprint density at radius 3 is 1.55 bits per heavy atom. The molecule has 0 saturated carbocycles. The highest BCUT2D eigenvalue weighted by Crippen LogP contribution is 2.55. The Morgan fingerprint density at radius 1 is 0.414 bits per heavy atom. The van der Waals surface area contributed by atoms with Crippen LogP contribution in [0.2, 0.25) is 0 Å². The van der Waals surface area contributed by atoms with E-state index in [1.54, 1.807) is 0 Å². The third-order valence-corrected chi connectivity index (χ3v) is 14.2. The van der Waals surface area contributed by atoms with Crippen LogP contribution in [-0.4, -0.2) is 0 Å². The van der Waals surface area contributed by atoms with Crippen LogP contribution in [0, 0.1) is 0 Å². The van der Waals surface area contributed by atoms with E-state index in [0.717, 1.165) is 25.7 Å². The Hall–Kier alpha value is -6.76. The monoisotopic (exact) mass is 736 g/mol. The summed E-state index contributed by atoms with van der Waals surface area (Å²) in [7, 11) is 0. The fraction of sp³-hybridized carbons (Fsp3) is 0.103. The Morgan fingerprint density at radius 2 is 0.931 bits per heavy atom. The molecule has 0 heteroatoms. The average Bonchev–Trinajstić information content (AvgIpc) is 3.54. The molecule has 8 aromatic carbocycles. The van der Waals surface area contributed by atoms with Crippen LogP contribution in [0.1, 0.15) is 69.8 Å². The van der Waals surface area contributed by atoms with Crippen LogP contribution in [0.3, 0.4) is 0 Å². The van der Waals surface area contributed by atoms with E-state index < -0.39 is 0 Å². The molecule has 0 aromatic heterocycles. The molecule has 8 aromatic rings. The maximum Gasteiger partial charge on any atom is 0.0435 e. The van der Waals surface area contributed by atoms with Crippen molar-refractivity contribution in [2.75, 3.05) is 0 Å². The summed E-state index contributed by atoms with van der Waals surface area (Å²) in [5, 5.41) is 5.61. The first kappa shape index (κ1) is 32.3. The minimum absolute atomic E-state index is 0.339. The molecule has 5 aliphatic carbocycles. The van der Waals surface area contributed by atoms with Gasteiger partial charge in [-0.1, -0.05) is 164 Å². The van der Waals surface area contributed by atoms with Gasteiger partial charge < -0.3 is 0 Å². The van der Waals surface area contributed by atoms with Crippen molar-refractivity contribution in [1.82, 2.24) is 0 Å². The maximum atomic E-state index is 2.52. The second-order valence-electron chi connectivity index (χ2n) is 17.1. The van der Waals surface area contributed by atoms with Crippen molar-refractivity contribution in [2.24, 2.45) is 0 Å². The number of benzene rings is 8. The van der Waals surface area contributed by atoms with Crippen LogP contribution in [0.25, 0.3) is 89.4 Å². The quantitative estimate of drug-likeness (QED) is 0.169. The van der Waals surface area contributed by atoms with Crippen LogP contribution in [0.5, 0.6) is 0 Å². The Balaban J connectivity index is 0.983. The molecule has 0 saturated heterocycles. The first-order chi connectivity index (χ1) is 28.6. The van der Waals surface area contributed by atoms with E-state index in [-0.39, 0.29) is 5.41 Å². The van der Waals surface area contributed by atoms with Crippen molar-refractivity contribution in [3.05, 3.63) is 214 Å². The number of hydrogen-bond donors (Lipinski definition) is 0. The van der Waals surface area contributed by atoms with Crippen LogP contribution < -0.4 is 0 Å². The lowest BCUT2D eigenvalue weighted by Gasteiger charge is -2.29. The molecule has 1 atom stereocenters. The molecule has 5 aliphatic rings. The van der Waals surface area contributed by atoms with Gasteiger partial charge in [0.1, 0.15) is 0 Å². The van der Waals surface area contributed by atoms with Crippen molar-refractivity contribution in [3.63, 3.8) is 0 Å². The Bertz CT molecular complexity index is 3270. The first-order valence-corrected chi connectivity index (χ1v) is 21.0. The lowest BCUT2D eigenvalue weighted by atomic mass is 9.73. The fourth-order valence-electron chi connectivity index (χ4n) is 11.4. The molecule has 0 nitrogen and oxygen atoms in total. The summed E-state index contributed by atoms with van der Waals surface area (Å²) >= 11 is 0. The summed E-state index contributed by atoms with van der Waals surface area (Å²) in [6, 6.07) is 53.8. The molecule has 0 spiro atoms. The molecule has 0 radical (unpaired) electrons. The van der Waals surface area contributed by atoms with Gasteiger partial charge in [0.25, 0.3) is 0 Å².